The van der Waals surface area contributed by atoms with Crippen molar-refractivity contribution in [3.63, 3.8) is 0 Å². The highest BCUT2D eigenvalue weighted by atomic mass is 16.5. The van der Waals surface area contributed by atoms with Crippen LogP contribution in [0.3, 0.4) is 0 Å². The molecule has 0 spiro atoms. The minimum Gasteiger partial charge on any atom is -0.383 e. The van der Waals surface area contributed by atoms with E-state index in [0.717, 1.165) is 29.8 Å². The van der Waals surface area contributed by atoms with Crippen LogP contribution in [0.2, 0.25) is 0 Å². The third kappa shape index (κ3) is 6.54. The maximum absolute atomic E-state index is 12.7. The fourth-order valence-electron chi connectivity index (χ4n) is 3.07. The Bertz CT molecular complexity index is 654. The number of benzene rings is 1. The fourth-order valence-corrected chi connectivity index (χ4v) is 3.07. The minimum absolute atomic E-state index is 0.0128. The first-order valence-electron chi connectivity index (χ1n) is 9.69. The standard InChI is InChI=1S/C21H33N3O3/c1-15(2)12-20(25)22-18-8-9-19(23(3)4)17(13-18)14-24(10-11-27-5)21(26)16-6-7-16/h8-9,13,15-16H,6-7,10-12,14H2,1-5H3,(H,22,25). The summed E-state index contributed by atoms with van der Waals surface area (Å²) >= 11 is 0. The Morgan fingerprint density at radius 1 is 1.26 bits per heavy atom. The number of carbonyl (C=O) groups is 2. The average Bonchev–Trinajstić information content (AvgIpc) is 3.42. The molecule has 0 radical (unpaired) electrons. The Morgan fingerprint density at radius 3 is 2.52 bits per heavy atom. The van der Waals surface area contributed by atoms with Crippen LogP contribution in [0.4, 0.5) is 11.4 Å². The summed E-state index contributed by atoms with van der Waals surface area (Å²) in [5.41, 5.74) is 2.84. The first-order valence-corrected chi connectivity index (χ1v) is 9.69. The molecule has 1 aliphatic rings. The Morgan fingerprint density at radius 2 is 1.96 bits per heavy atom. The van der Waals surface area contributed by atoms with Crippen molar-refractivity contribution >= 4 is 23.2 Å². The monoisotopic (exact) mass is 375 g/mol. The zero-order valence-corrected chi connectivity index (χ0v) is 17.2. The smallest absolute Gasteiger partial charge is 0.226 e. The molecule has 0 atom stereocenters. The van der Waals surface area contributed by atoms with Crippen molar-refractivity contribution in [1.29, 1.82) is 0 Å². The number of carbonyl (C=O) groups excluding carboxylic acids is 2. The number of nitrogens with one attached hydrogen (secondary N) is 1. The summed E-state index contributed by atoms with van der Waals surface area (Å²) < 4.78 is 5.19. The summed E-state index contributed by atoms with van der Waals surface area (Å²) in [7, 11) is 5.62. The predicted molar refractivity (Wildman–Crippen MR) is 109 cm³/mol. The van der Waals surface area contributed by atoms with Crippen LogP contribution in [0.25, 0.3) is 0 Å². The van der Waals surface area contributed by atoms with Gasteiger partial charge in [0.25, 0.3) is 0 Å². The van der Waals surface area contributed by atoms with Gasteiger partial charge >= 0.3 is 0 Å². The highest BCUT2D eigenvalue weighted by molar-refractivity contribution is 5.91. The quantitative estimate of drug-likeness (QED) is 0.682. The van der Waals surface area contributed by atoms with E-state index in [-0.39, 0.29) is 17.7 Å². The third-order valence-electron chi connectivity index (χ3n) is 4.60. The van der Waals surface area contributed by atoms with Gasteiger partial charge in [0.2, 0.25) is 11.8 Å². The normalized spacial score (nSPS) is 13.6. The molecular formula is C21H33N3O3. The molecule has 1 aliphatic carbocycles. The number of anilines is 2. The Kier molecular flexibility index (Phi) is 7.66. The lowest BCUT2D eigenvalue weighted by Gasteiger charge is -2.26. The fraction of sp³-hybridized carbons (Fsp3) is 0.619. The van der Waals surface area contributed by atoms with Crippen LogP contribution in [0, 0.1) is 11.8 Å². The van der Waals surface area contributed by atoms with Gasteiger partial charge in [0.05, 0.1) is 6.61 Å². The summed E-state index contributed by atoms with van der Waals surface area (Å²) in [6.07, 6.45) is 2.45. The van der Waals surface area contributed by atoms with E-state index in [4.69, 9.17) is 4.74 Å². The van der Waals surface area contributed by atoms with Gasteiger partial charge in [-0.2, -0.15) is 0 Å². The van der Waals surface area contributed by atoms with Crippen LogP contribution in [0.5, 0.6) is 0 Å². The molecule has 0 saturated heterocycles. The zero-order valence-electron chi connectivity index (χ0n) is 17.2. The maximum Gasteiger partial charge on any atom is 0.226 e. The average molecular weight is 376 g/mol. The maximum atomic E-state index is 12.7. The lowest BCUT2D eigenvalue weighted by molar-refractivity contribution is -0.133. The second-order valence-corrected chi connectivity index (χ2v) is 7.91. The number of ether oxygens (including phenoxy) is 1. The first kappa shape index (κ1) is 21.2. The molecule has 6 heteroatoms. The van der Waals surface area contributed by atoms with Crippen LogP contribution >= 0.6 is 0 Å². The van der Waals surface area contributed by atoms with Crippen molar-refractivity contribution in [3.05, 3.63) is 23.8 Å². The minimum atomic E-state index is 0.0128. The molecule has 0 unspecified atom stereocenters. The SMILES string of the molecule is COCCN(Cc1cc(NC(=O)CC(C)C)ccc1N(C)C)C(=O)C1CC1. The van der Waals surface area contributed by atoms with E-state index < -0.39 is 0 Å². The van der Waals surface area contributed by atoms with Gasteiger partial charge in [0.15, 0.2) is 0 Å². The third-order valence-corrected chi connectivity index (χ3v) is 4.60. The molecule has 0 bridgehead atoms. The number of amides is 2. The largest absolute Gasteiger partial charge is 0.383 e. The van der Waals surface area contributed by atoms with Crippen LogP contribution < -0.4 is 10.2 Å². The first-order chi connectivity index (χ1) is 12.8. The second-order valence-electron chi connectivity index (χ2n) is 7.91. The van der Waals surface area contributed by atoms with Crippen molar-refractivity contribution in [2.24, 2.45) is 11.8 Å². The molecule has 1 fully saturated rings. The topological polar surface area (TPSA) is 61.9 Å². The van der Waals surface area contributed by atoms with Gasteiger partial charge in [-0.05, 0) is 42.5 Å². The molecule has 150 valence electrons. The van der Waals surface area contributed by atoms with Gasteiger partial charge < -0.3 is 19.9 Å². The molecule has 2 amide bonds. The van der Waals surface area contributed by atoms with Crippen LogP contribution in [0.15, 0.2) is 18.2 Å². The lowest BCUT2D eigenvalue weighted by atomic mass is 10.1. The predicted octanol–water partition coefficient (Wildman–Crippen LogP) is 3.12. The van der Waals surface area contributed by atoms with Gasteiger partial charge in [0, 0.05) is 58.0 Å². The van der Waals surface area contributed by atoms with E-state index in [1.54, 1.807) is 7.11 Å². The molecule has 0 aliphatic heterocycles. The summed E-state index contributed by atoms with van der Waals surface area (Å²) in [5.74, 6) is 0.689. The Hall–Kier alpha value is -2.08. The molecule has 1 aromatic carbocycles. The van der Waals surface area contributed by atoms with E-state index in [9.17, 15) is 9.59 Å². The summed E-state index contributed by atoms with van der Waals surface area (Å²) in [4.78, 5) is 28.7. The molecule has 1 aromatic rings. The Balaban J connectivity index is 2.20. The molecule has 6 nitrogen and oxygen atoms in total. The van der Waals surface area contributed by atoms with Crippen molar-refractivity contribution in [2.45, 2.75) is 39.7 Å². The van der Waals surface area contributed by atoms with E-state index >= 15 is 0 Å². The molecule has 1 saturated carbocycles. The highest BCUT2D eigenvalue weighted by Gasteiger charge is 2.33. The lowest BCUT2D eigenvalue weighted by Crippen LogP contribution is -2.35. The number of nitrogens with zero attached hydrogens (tertiary/aromatic N) is 2. The van der Waals surface area contributed by atoms with E-state index in [1.165, 1.54) is 0 Å². The van der Waals surface area contributed by atoms with Gasteiger partial charge in [-0.1, -0.05) is 13.8 Å². The van der Waals surface area contributed by atoms with Crippen LogP contribution in [0.1, 0.15) is 38.7 Å². The van der Waals surface area contributed by atoms with E-state index in [1.807, 2.05) is 55.9 Å². The molecule has 2 rings (SSSR count). The second kappa shape index (κ2) is 9.74. The zero-order chi connectivity index (χ0) is 20.0. The number of methoxy groups -OCH3 is 1. The van der Waals surface area contributed by atoms with Crippen molar-refractivity contribution < 1.29 is 14.3 Å². The molecular weight excluding hydrogens is 342 g/mol. The van der Waals surface area contributed by atoms with Gasteiger partial charge in [-0.15, -0.1) is 0 Å². The molecule has 1 N–H and O–H groups in total. The van der Waals surface area contributed by atoms with Gasteiger partial charge in [-0.3, -0.25) is 9.59 Å². The van der Waals surface area contributed by atoms with Crippen LogP contribution in [-0.4, -0.2) is 51.1 Å². The van der Waals surface area contributed by atoms with Crippen molar-refractivity contribution in [1.82, 2.24) is 4.90 Å². The van der Waals surface area contributed by atoms with E-state index in [0.29, 0.717) is 32.0 Å². The molecule has 27 heavy (non-hydrogen) atoms. The highest BCUT2D eigenvalue weighted by Crippen LogP contribution is 2.32. The summed E-state index contributed by atoms with van der Waals surface area (Å²) in [6, 6.07) is 5.89. The molecule has 0 heterocycles. The van der Waals surface area contributed by atoms with Crippen molar-refractivity contribution in [3.8, 4) is 0 Å². The molecule has 0 aromatic heterocycles. The van der Waals surface area contributed by atoms with Crippen LogP contribution in [-0.2, 0) is 20.9 Å². The number of hydrogen-bond donors (Lipinski definition) is 1. The van der Waals surface area contributed by atoms with Gasteiger partial charge in [-0.25, -0.2) is 0 Å². The number of hydrogen-bond acceptors (Lipinski definition) is 4. The van der Waals surface area contributed by atoms with E-state index in [2.05, 4.69) is 5.32 Å². The Labute approximate surface area is 162 Å². The summed E-state index contributed by atoms with van der Waals surface area (Å²) in [6.45, 7) is 5.65. The van der Waals surface area contributed by atoms with Gasteiger partial charge in [0.1, 0.15) is 0 Å². The summed E-state index contributed by atoms with van der Waals surface area (Å²) in [5, 5.41) is 2.97. The van der Waals surface area contributed by atoms with Crippen molar-refractivity contribution in [2.75, 3.05) is 44.6 Å². The number of rotatable bonds is 10.